The molecule has 35 heteroatoms. The Balaban J connectivity index is 0.765. The van der Waals surface area contributed by atoms with Crippen LogP contribution in [0.1, 0.15) is 146 Å². The number of aliphatic hydroxyl groups excluding tert-OH is 17. The van der Waals surface area contributed by atoms with Crippen molar-refractivity contribution in [2.75, 3.05) is 39.6 Å². The van der Waals surface area contributed by atoms with Gasteiger partial charge in [-0.05, 0) is 143 Å². The third-order valence-corrected chi connectivity index (χ3v) is 28.2. The number of hydrogen-bond donors (Lipinski definition) is 18. The van der Waals surface area contributed by atoms with Gasteiger partial charge in [-0.1, -0.05) is 72.3 Å². The van der Waals surface area contributed by atoms with Crippen LogP contribution >= 0.6 is 0 Å². The topological polar surface area (TPSA) is 537 Å². The fourth-order valence-electron chi connectivity index (χ4n) is 20.8. The quantitative estimate of drug-likeness (QED) is 0.0226. The van der Waals surface area contributed by atoms with Crippen LogP contribution in [0.15, 0.2) is 36.0 Å². The monoisotopic (exact) mass is 1620 g/mol. The zero-order valence-corrected chi connectivity index (χ0v) is 65.9. The second kappa shape index (κ2) is 34.4. The third kappa shape index (κ3) is 17.0. The van der Waals surface area contributed by atoms with Gasteiger partial charge in [0.2, 0.25) is 6.29 Å². The molecule has 0 spiro atoms. The molecular formula is C78H124O35. The Bertz CT molecular complexity index is 3330. The molecule has 0 radical (unpaired) electrons. The van der Waals surface area contributed by atoms with E-state index in [9.17, 15) is 96.7 Å². The summed E-state index contributed by atoms with van der Waals surface area (Å²) in [5, 5.41) is 198. The van der Waals surface area contributed by atoms with Crippen molar-refractivity contribution in [1.82, 2.24) is 0 Å². The highest BCUT2D eigenvalue weighted by Crippen LogP contribution is 2.76. The van der Waals surface area contributed by atoms with Gasteiger partial charge in [-0.2, -0.15) is 0 Å². The van der Waals surface area contributed by atoms with Crippen LogP contribution in [0.25, 0.3) is 0 Å². The molecular weight excluding hydrogens is 1500 g/mol. The van der Waals surface area contributed by atoms with Gasteiger partial charge in [0.25, 0.3) is 0 Å². The normalized spacial score (nSPS) is 50.6. The standard InChI is InChI=1S/C78H124O35/c1-12-74(8,98)19-13-14-33(2)63(96)108-60-50(88)41(27-79)105-70(62(60)112-67-56(94)52(90)58(34(3)104-67)109-66-57(95)59(40(83)31-101-66)110-64-53(91)46(84)37(80)28-99-64)113-71(97)78-24-22-72(4,5)26-36(78)35-15-16-44-75(9)20-18-45(73(6,7)43(75)17-21-77(44,11)76(35,10)23-25-78)107-68-55(93)51(89)49(87)42(106-68)32-103-69-61(48(86)39(82)30-102-69)111-65-54(92)47(85)38(81)29-100-65/h12,14-15,34,36-62,64-70,79-95,98H,1,13,16-32H2,2-11H3/b33-14+/t34?,36?,37-,38-,39+,40-,41-,42-,43?,44?,45+,46+,47+,48+,49-,50-,51+,52?,53-,54-,55-,56?,57-,58?,59+,60+,61-,62-,64+,65+,66+,67?,68+,69+,70+,74?,75+,76-,77-,78+/m1/s1. The average molecular weight is 1620 g/mol. The number of rotatable bonds is 22. The molecule has 0 aromatic carbocycles. The molecule has 0 bridgehead atoms. The zero-order valence-electron chi connectivity index (χ0n) is 65.9. The van der Waals surface area contributed by atoms with E-state index < -0.39 is 276 Å². The summed E-state index contributed by atoms with van der Waals surface area (Å²) < 4.78 is 90.4. The maximum atomic E-state index is 16.1. The molecule has 40 atom stereocenters. The average Bonchev–Trinajstić information content (AvgIpc) is 0.674. The van der Waals surface area contributed by atoms with Crippen LogP contribution in [0.5, 0.6) is 0 Å². The molecule has 5 aliphatic carbocycles. The van der Waals surface area contributed by atoms with E-state index in [4.69, 9.17) is 71.1 Å². The lowest BCUT2D eigenvalue weighted by atomic mass is 9.33. The first kappa shape index (κ1) is 89.2. The molecule has 7 aliphatic heterocycles. The van der Waals surface area contributed by atoms with Crippen molar-refractivity contribution >= 4 is 11.9 Å². The number of hydrogen-bond acceptors (Lipinski definition) is 35. The van der Waals surface area contributed by atoms with Crippen molar-refractivity contribution < 1.29 is 173 Å². The van der Waals surface area contributed by atoms with Gasteiger partial charge in [-0.3, -0.25) is 4.79 Å². The SMILES string of the molecule is C=CC(C)(O)CC/C=C(\C)C(=O)O[C@H]1[C@H](O)[C@@H](CO)O[C@@H](OC(=O)[C@]23CCC(C)(C)CC2C2=CCC4[C@@]5(C)CC[C@H](O[C@@H]6O[C@H](CO[C@@H]7OC[C@H](O)[C@H](O)[C@H]7O[C@@H]7OC[C@@H](O)[C@H](O)[C@H]7O)[C@@H](O)[C@H](O)[C@H]6O)C(C)(C)C5CC[C@@]4(C)[C@]2(C)CC3)[C@@H]1OC1OC(C)C(O[C@@H]2OC[C@@H](O)[C@H](O[C@@H]3OC[C@@H](O)[C@H](O)[C@H]3O)[C@H]2O)C(O)C1O. The molecule has 4 saturated carbocycles. The van der Waals surface area contributed by atoms with Gasteiger partial charge in [0, 0.05) is 5.57 Å². The summed E-state index contributed by atoms with van der Waals surface area (Å²) in [6.45, 7) is 20.5. The van der Waals surface area contributed by atoms with Gasteiger partial charge in [-0.15, -0.1) is 6.58 Å². The van der Waals surface area contributed by atoms with Crippen molar-refractivity contribution in [3.8, 4) is 0 Å². The lowest BCUT2D eigenvalue weighted by Crippen LogP contribution is -2.67. The van der Waals surface area contributed by atoms with Crippen LogP contribution < -0.4 is 0 Å². The number of ether oxygens (including phenoxy) is 15. The summed E-state index contributed by atoms with van der Waals surface area (Å²) in [5.74, 6) is -1.96. The molecule has 7 heterocycles. The number of allylic oxidation sites excluding steroid dienone is 3. The van der Waals surface area contributed by atoms with E-state index in [-0.39, 0.29) is 46.5 Å². The van der Waals surface area contributed by atoms with Crippen molar-refractivity contribution in [3.05, 3.63) is 36.0 Å². The molecule has 0 amide bonds. The number of carbonyl (C=O) groups excluding carboxylic acids is 2. The first-order valence-corrected chi connectivity index (χ1v) is 40.0. The largest absolute Gasteiger partial charge is 0.453 e. The molecule has 11 fully saturated rings. The molecule has 35 nitrogen and oxygen atoms in total. The van der Waals surface area contributed by atoms with E-state index in [1.165, 1.54) is 26.0 Å². The minimum Gasteiger partial charge on any atom is -0.453 e. The van der Waals surface area contributed by atoms with Gasteiger partial charge >= 0.3 is 11.9 Å². The maximum absolute atomic E-state index is 16.1. The van der Waals surface area contributed by atoms with E-state index in [1.54, 1.807) is 6.92 Å². The molecule has 12 aliphatic rings. The fraction of sp³-hybridized carbons (Fsp3) is 0.897. The Labute approximate surface area is 656 Å². The van der Waals surface area contributed by atoms with E-state index in [1.807, 2.05) is 0 Å². The highest BCUT2D eigenvalue weighted by molar-refractivity contribution is 5.88. The Morgan fingerprint density at radius 3 is 1.73 bits per heavy atom. The van der Waals surface area contributed by atoms with Gasteiger partial charge in [0.1, 0.15) is 128 Å². The highest BCUT2D eigenvalue weighted by atomic mass is 16.8. The smallest absolute Gasteiger partial charge is 0.333 e. The Kier molecular flexibility index (Phi) is 27.2. The lowest BCUT2D eigenvalue weighted by molar-refractivity contribution is -0.379. The van der Waals surface area contributed by atoms with Crippen molar-refractivity contribution in [3.63, 3.8) is 0 Å². The zero-order chi connectivity index (χ0) is 82.5. The van der Waals surface area contributed by atoms with Crippen molar-refractivity contribution in [2.45, 2.75) is 349 Å². The number of fused-ring (bicyclic) bond motifs is 7. The molecule has 113 heavy (non-hydrogen) atoms. The van der Waals surface area contributed by atoms with Crippen molar-refractivity contribution in [1.29, 1.82) is 0 Å². The van der Waals surface area contributed by atoms with Crippen LogP contribution in [-0.2, 0) is 80.6 Å². The second-order valence-corrected chi connectivity index (χ2v) is 36.3. The Morgan fingerprint density at radius 1 is 0.540 bits per heavy atom. The minimum atomic E-state index is -2.09. The molecule has 646 valence electrons. The van der Waals surface area contributed by atoms with Gasteiger partial charge < -0.3 is 163 Å². The third-order valence-electron chi connectivity index (χ3n) is 28.2. The molecule has 12 rings (SSSR count). The van der Waals surface area contributed by atoms with E-state index in [2.05, 4.69) is 61.1 Å². The van der Waals surface area contributed by atoms with E-state index >= 15 is 4.79 Å². The summed E-state index contributed by atoms with van der Waals surface area (Å²) in [6, 6.07) is 0. The van der Waals surface area contributed by atoms with E-state index in [0.29, 0.717) is 51.4 Å². The predicted octanol–water partition coefficient (Wildman–Crippen LogP) is -2.76. The summed E-state index contributed by atoms with van der Waals surface area (Å²) in [7, 11) is 0. The van der Waals surface area contributed by atoms with Gasteiger partial charge in [0.15, 0.2) is 49.9 Å². The summed E-state index contributed by atoms with van der Waals surface area (Å²) in [6.07, 6.45) is -41.2. The molecule has 18 N–H and O–H groups in total. The lowest BCUT2D eigenvalue weighted by Gasteiger charge is -2.71. The summed E-state index contributed by atoms with van der Waals surface area (Å²) >= 11 is 0. The number of esters is 2. The Hall–Kier alpha value is -3.08. The van der Waals surface area contributed by atoms with Gasteiger partial charge in [-0.25, -0.2) is 4.79 Å². The Morgan fingerprint density at radius 2 is 1.09 bits per heavy atom. The second-order valence-electron chi connectivity index (χ2n) is 36.3. The molecule has 0 aromatic heterocycles. The fourth-order valence-corrected chi connectivity index (χ4v) is 20.8. The minimum absolute atomic E-state index is 0.0263. The van der Waals surface area contributed by atoms with Crippen LogP contribution in [0, 0.1) is 50.2 Å². The van der Waals surface area contributed by atoms with Crippen molar-refractivity contribution in [2.24, 2.45) is 50.2 Å². The first-order valence-electron chi connectivity index (χ1n) is 40.0. The highest BCUT2D eigenvalue weighted by Gasteiger charge is 2.71. The first-order chi connectivity index (χ1) is 53.0. The molecule has 0 aromatic rings. The molecule has 7 saturated heterocycles. The van der Waals surface area contributed by atoms with Gasteiger partial charge in [0.05, 0.1) is 62.9 Å². The molecule has 9 unspecified atom stereocenters. The summed E-state index contributed by atoms with van der Waals surface area (Å²) in [4.78, 5) is 30.4. The van der Waals surface area contributed by atoms with Crippen LogP contribution in [-0.4, -0.2) is 346 Å². The maximum Gasteiger partial charge on any atom is 0.333 e. The van der Waals surface area contributed by atoms with Crippen LogP contribution in [0.2, 0.25) is 0 Å². The predicted molar refractivity (Wildman–Crippen MR) is 383 cm³/mol. The summed E-state index contributed by atoms with van der Waals surface area (Å²) in [5.41, 5.74) is -3.37. The van der Waals surface area contributed by atoms with Crippen LogP contribution in [0.4, 0.5) is 0 Å². The number of carbonyl (C=O) groups is 2. The van der Waals surface area contributed by atoms with Crippen LogP contribution in [0.3, 0.4) is 0 Å². The van der Waals surface area contributed by atoms with E-state index in [0.717, 1.165) is 18.4 Å². The number of aliphatic hydroxyl groups is 18.